The molecule has 0 atom stereocenters. The van der Waals surface area contributed by atoms with Crippen molar-refractivity contribution in [3.63, 3.8) is 0 Å². The number of aromatic nitrogens is 1. The first-order valence-corrected chi connectivity index (χ1v) is 10.9. The van der Waals surface area contributed by atoms with Crippen molar-refractivity contribution in [3.8, 4) is 5.75 Å². The molecule has 0 bridgehead atoms. The number of hydrogen-bond donors (Lipinski definition) is 2. The summed E-state index contributed by atoms with van der Waals surface area (Å²) in [6.45, 7) is 4.46. The Kier molecular flexibility index (Phi) is 4.85. The molecule has 7 nitrogen and oxygen atoms in total. The smallest absolute Gasteiger partial charge is 0.286 e. The van der Waals surface area contributed by atoms with Crippen LogP contribution in [0.4, 0.5) is 10.1 Å². The van der Waals surface area contributed by atoms with Gasteiger partial charge in [0.05, 0.1) is 11.2 Å². The Morgan fingerprint density at radius 2 is 1.93 bits per heavy atom. The van der Waals surface area contributed by atoms with Crippen LogP contribution in [0.1, 0.15) is 25.8 Å². The fourth-order valence-corrected chi connectivity index (χ4v) is 4.59. The molecular weight excluding hydrogens is 409 g/mol. The predicted octanol–water partition coefficient (Wildman–Crippen LogP) is 3.45. The summed E-state index contributed by atoms with van der Waals surface area (Å²) in [5.74, 6) is -1.04. The summed E-state index contributed by atoms with van der Waals surface area (Å²) in [5.41, 5.74) is -0.164. The number of halogens is 1. The molecule has 0 saturated heterocycles. The summed E-state index contributed by atoms with van der Waals surface area (Å²) in [4.78, 5) is 13.0. The number of anilines is 1. The van der Waals surface area contributed by atoms with Crippen LogP contribution in [0.2, 0.25) is 0 Å². The molecule has 0 aliphatic carbocycles. The van der Waals surface area contributed by atoms with Crippen LogP contribution in [0.25, 0.3) is 10.9 Å². The number of sulfonamides is 1. The van der Waals surface area contributed by atoms with Gasteiger partial charge < -0.3 is 15.0 Å². The monoisotopic (exact) mass is 429 g/mol. The number of nitrogens with one attached hydrogen (secondary N) is 1. The molecule has 156 valence electrons. The number of amidine groups is 1. The van der Waals surface area contributed by atoms with Gasteiger partial charge in [-0.3, -0.25) is 4.79 Å². The quantitative estimate of drug-likeness (QED) is 0.662. The molecular formula is C21H20FN3O4S. The van der Waals surface area contributed by atoms with Crippen molar-refractivity contribution < 1.29 is 17.9 Å². The SMILES string of the molecule is CC(C)CCn1c(=O)c(C2=NS(=O)(=O)c3cc(F)ccc3N2)c(O)c2ccccc21. The number of rotatable bonds is 4. The number of fused-ring (bicyclic) bond motifs is 2. The van der Waals surface area contributed by atoms with E-state index in [0.29, 0.717) is 29.8 Å². The molecule has 3 aromatic rings. The minimum Gasteiger partial charge on any atom is -0.506 e. The van der Waals surface area contributed by atoms with Crippen LogP contribution in [0.15, 0.2) is 56.6 Å². The van der Waals surface area contributed by atoms with Gasteiger partial charge in [-0.1, -0.05) is 26.0 Å². The van der Waals surface area contributed by atoms with Crippen molar-refractivity contribution >= 4 is 32.4 Å². The van der Waals surface area contributed by atoms with Gasteiger partial charge in [0.15, 0.2) is 5.84 Å². The van der Waals surface area contributed by atoms with Crippen LogP contribution in [-0.4, -0.2) is 23.9 Å². The molecule has 30 heavy (non-hydrogen) atoms. The number of aryl methyl sites for hydroxylation is 1. The highest BCUT2D eigenvalue weighted by molar-refractivity contribution is 7.90. The Hall–Kier alpha value is -3.20. The molecule has 0 amide bonds. The summed E-state index contributed by atoms with van der Waals surface area (Å²) >= 11 is 0. The first-order chi connectivity index (χ1) is 14.2. The molecule has 4 rings (SSSR count). The maximum absolute atomic E-state index is 13.5. The lowest BCUT2D eigenvalue weighted by Gasteiger charge is -2.21. The topological polar surface area (TPSA) is 101 Å². The lowest BCUT2D eigenvalue weighted by molar-refractivity contribution is 0.474. The third-order valence-corrected chi connectivity index (χ3v) is 6.32. The van der Waals surface area contributed by atoms with Gasteiger partial charge in [-0.15, -0.1) is 4.40 Å². The van der Waals surface area contributed by atoms with Gasteiger partial charge in [0, 0.05) is 11.9 Å². The number of hydrogen-bond acceptors (Lipinski definition) is 5. The predicted molar refractivity (Wildman–Crippen MR) is 113 cm³/mol. The van der Waals surface area contributed by atoms with Crippen LogP contribution in [0.5, 0.6) is 5.75 Å². The average Bonchev–Trinajstić information content (AvgIpc) is 2.68. The van der Waals surface area contributed by atoms with Crippen molar-refractivity contribution in [1.29, 1.82) is 0 Å². The Balaban J connectivity index is 1.97. The maximum Gasteiger partial charge on any atom is 0.286 e. The van der Waals surface area contributed by atoms with E-state index in [2.05, 4.69) is 9.71 Å². The van der Waals surface area contributed by atoms with Crippen LogP contribution in [0, 0.1) is 11.7 Å². The molecule has 0 radical (unpaired) electrons. The highest BCUT2D eigenvalue weighted by atomic mass is 32.2. The Morgan fingerprint density at radius 1 is 1.20 bits per heavy atom. The van der Waals surface area contributed by atoms with Gasteiger partial charge >= 0.3 is 0 Å². The van der Waals surface area contributed by atoms with Gasteiger partial charge in [0.25, 0.3) is 15.6 Å². The van der Waals surface area contributed by atoms with Crippen LogP contribution >= 0.6 is 0 Å². The van der Waals surface area contributed by atoms with E-state index in [4.69, 9.17) is 0 Å². The fourth-order valence-electron chi connectivity index (χ4n) is 3.45. The maximum atomic E-state index is 13.5. The minimum atomic E-state index is -4.26. The molecule has 1 aliphatic rings. The van der Waals surface area contributed by atoms with E-state index in [1.165, 1.54) is 10.6 Å². The van der Waals surface area contributed by atoms with Crippen LogP contribution < -0.4 is 10.9 Å². The molecule has 2 heterocycles. The fraction of sp³-hybridized carbons (Fsp3) is 0.238. The van der Waals surface area contributed by atoms with Crippen LogP contribution in [0.3, 0.4) is 0 Å². The summed E-state index contributed by atoms with van der Waals surface area (Å²) < 4.78 is 43.9. The molecule has 1 aromatic heterocycles. The number of pyridine rings is 1. The van der Waals surface area contributed by atoms with Crippen molar-refractivity contribution in [3.05, 3.63) is 64.2 Å². The third kappa shape index (κ3) is 3.35. The summed E-state index contributed by atoms with van der Waals surface area (Å²) in [7, 11) is -4.26. The highest BCUT2D eigenvalue weighted by Crippen LogP contribution is 2.32. The molecule has 0 fully saturated rings. The van der Waals surface area contributed by atoms with E-state index < -0.39 is 21.4 Å². The number of benzene rings is 2. The third-order valence-electron chi connectivity index (χ3n) is 5.00. The average molecular weight is 429 g/mol. The summed E-state index contributed by atoms with van der Waals surface area (Å²) in [6, 6.07) is 10.1. The molecule has 1 aliphatic heterocycles. The summed E-state index contributed by atoms with van der Waals surface area (Å²) in [5, 5.41) is 14.0. The van der Waals surface area contributed by atoms with E-state index in [9.17, 15) is 22.7 Å². The Bertz CT molecular complexity index is 1360. The zero-order chi connectivity index (χ0) is 21.6. The Morgan fingerprint density at radius 3 is 2.67 bits per heavy atom. The summed E-state index contributed by atoms with van der Waals surface area (Å²) in [6.07, 6.45) is 0.717. The largest absolute Gasteiger partial charge is 0.506 e. The second kappa shape index (κ2) is 7.24. The second-order valence-corrected chi connectivity index (χ2v) is 9.13. The molecule has 0 saturated carbocycles. The minimum absolute atomic E-state index is 0.0853. The molecule has 2 N–H and O–H groups in total. The molecule has 0 spiro atoms. The molecule has 2 aromatic carbocycles. The first-order valence-electron chi connectivity index (χ1n) is 9.45. The zero-order valence-corrected chi connectivity index (χ0v) is 17.2. The van der Waals surface area contributed by atoms with Crippen LogP contribution in [-0.2, 0) is 16.6 Å². The van der Waals surface area contributed by atoms with E-state index >= 15 is 0 Å². The standard InChI is InChI=1S/C21H20FN3O4S/c1-12(2)9-10-25-16-6-4-3-5-14(16)19(26)18(21(25)27)20-23-15-8-7-13(22)11-17(15)30(28,29)24-20/h3-8,11-12,26H,9-10H2,1-2H3,(H,23,24). The van der Waals surface area contributed by atoms with E-state index in [1.54, 1.807) is 24.3 Å². The van der Waals surface area contributed by atoms with Gasteiger partial charge in [-0.25, -0.2) is 4.39 Å². The highest BCUT2D eigenvalue weighted by Gasteiger charge is 2.30. The van der Waals surface area contributed by atoms with E-state index in [0.717, 1.165) is 12.1 Å². The number of para-hydroxylation sites is 1. The lowest BCUT2D eigenvalue weighted by atomic mass is 10.1. The van der Waals surface area contributed by atoms with Gasteiger partial charge in [0.2, 0.25) is 0 Å². The zero-order valence-electron chi connectivity index (χ0n) is 16.4. The number of nitrogens with zero attached hydrogens (tertiary/aromatic N) is 2. The van der Waals surface area contributed by atoms with Gasteiger partial charge in [-0.2, -0.15) is 8.42 Å². The number of aromatic hydroxyl groups is 1. The van der Waals surface area contributed by atoms with Gasteiger partial charge in [-0.05, 0) is 42.7 Å². The van der Waals surface area contributed by atoms with Crippen molar-refractivity contribution in [2.24, 2.45) is 10.3 Å². The molecule has 0 unspecified atom stereocenters. The first kappa shape index (κ1) is 20.1. The normalized spacial score (nSPS) is 15.0. The molecule has 9 heteroatoms. The van der Waals surface area contributed by atoms with E-state index in [-0.39, 0.29) is 27.7 Å². The van der Waals surface area contributed by atoms with E-state index in [1.807, 2.05) is 13.8 Å². The Labute approximate surface area is 172 Å². The lowest BCUT2D eigenvalue weighted by Crippen LogP contribution is -2.33. The van der Waals surface area contributed by atoms with Crippen molar-refractivity contribution in [2.75, 3.05) is 5.32 Å². The van der Waals surface area contributed by atoms with Gasteiger partial charge in [0.1, 0.15) is 22.0 Å². The van der Waals surface area contributed by atoms with Crippen molar-refractivity contribution in [2.45, 2.75) is 31.7 Å². The van der Waals surface area contributed by atoms with Crippen molar-refractivity contribution in [1.82, 2.24) is 4.57 Å². The second-order valence-electron chi connectivity index (χ2n) is 7.56.